The zero-order valence-corrected chi connectivity index (χ0v) is 15.8. The van der Waals surface area contributed by atoms with Gasteiger partial charge in [0.15, 0.2) is 0 Å². The van der Waals surface area contributed by atoms with Crippen LogP contribution in [0.4, 0.5) is 4.39 Å². The van der Waals surface area contributed by atoms with E-state index in [1.807, 2.05) is 38.1 Å². The second-order valence-corrected chi connectivity index (χ2v) is 6.36. The van der Waals surface area contributed by atoms with Gasteiger partial charge in [0.2, 0.25) is 5.91 Å². The van der Waals surface area contributed by atoms with Gasteiger partial charge in [-0.05, 0) is 55.8 Å². The van der Waals surface area contributed by atoms with Crippen molar-refractivity contribution in [3.8, 4) is 5.75 Å². The van der Waals surface area contributed by atoms with Crippen LogP contribution in [-0.2, 0) is 4.79 Å². The molecular formula is C21H27FN2O2. The van der Waals surface area contributed by atoms with Crippen molar-refractivity contribution in [1.82, 2.24) is 10.2 Å². The Bertz CT molecular complexity index is 718. The molecule has 0 fully saturated rings. The molecule has 0 saturated carbocycles. The normalized spacial score (nSPS) is 13.3. The second-order valence-electron chi connectivity index (χ2n) is 6.36. The van der Waals surface area contributed by atoms with Crippen LogP contribution in [0.5, 0.6) is 5.75 Å². The topological polar surface area (TPSA) is 41.6 Å². The first-order chi connectivity index (χ1) is 12.4. The van der Waals surface area contributed by atoms with Crippen molar-refractivity contribution in [2.45, 2.75) is 32.9 Å². The van der Waals surface area contributed by atoms with E-state index in [-0.39, 0.29) is 23.8 Å². The minimum atomic E-state index is -0.281. The number of ether oxygens (including phenoxy) is 1. The molecule has 1 amide bonds. The number of amides is 1. The predicted octanol–water partition coefficient (Wildman–Crippen LogP) is 4.09. The van der Waals surface area contributed by atoms with Crippen molar-refractivity contribution in [2.24, 2.45) is 0 Å². The quantitative estimate of drug-likeness (QED) is 0.773. The lowest BCUT2D eigenvalue weighted by Crippen LogP contribution is -2.39. The fourth-order valence-corrected chi connectivity index (χ4v) is 2.94. The first-order valence-corrected chi connectivity index (χ1v) is 8.87. The van der Waals surface area contributed by atoms with Crippen LogP contribution in [0.1, 0.15) is 44.0 Å². The number of rotatable bonds is 8. The Balaban J connectivity index is 1.99. The van der Waals surface area contributed by atoms with Crippen molar-refractivity contribution < 1.29 is 13.9 Å². The molecule has 0 saturated heterocycles. The summed E-state index contributed by atoms with van der Waals surface area (Å²) in [5, 5.41) is 2.98. The molecule has 5 heteroatoms. The number of likely N-dealkylation sites (N-methyl/N-ethyl adjacent to an activating group) is 1. The highest BCUT2D eigenvalue weighted by Gasteiger charge is 2.19. The van der Waals surface area contributed by atoms with Crippen LogP contribution >= 0.6 is 0 Å². The molecule has 0 heterocycles. The third kappa shape index (κ3) is 5.30. The van der Waals surface area contributed by atoms with E-state index in [4.69, 9.17) is 4.74 Å². The Labute approximate surface area is 155 Å². The van der Waals surface area contributed by atoms with Crippen molar-refractivity contribution in [3.63, 3.8) is 0 Å². The van der Waals surface area contributed by atoms with E-state index in [9.17, 15) is 9.18 Å². The number of hydrogen-bond donors (Lipinski definition) is 1. The molecule has 0 aromatic heterocycles. The number of carbonyl (C=O) groups excluding carboxylic acids is 1. The predicted molar refractivity (Wildman–Crippen MR) is 102 cm³/mol. The second kappa shape index (κ2) is 9.34. The van der Waals surface area contributed by atoms with E-state index >= 15 is 0 Å². The minimum Gasteiger partial charge on any atom is -0.497 e. The smallest absolute Gasteiger partial charge is 0.234 e. The van der Waals surface area contributed by atoms with Gasteiger partial charge in [-0.15, -0.1) is 0 Å². The molecule has 2 unspecified atom stereocenters. The Kier molecular flexibility index (Phi) is 7.16. The molecule has 2 rings (SSSR count). The highest BCUT2D eigenvalue weighted by atomic mass is 19.1. The number of carbonyl (C=O) groups is 1. The number of methoxy groups -OCH3 is 1. The molecule has 0 radical (unpaired) electrons. The third-order valence-electron chi connectivity index (χ3n) is 4.62. The number of hydrogen-bond acceptors (Lipinski definition) is 3. The summed E-state index contributed by atoms with van der Waals surface area (Å²) in [4.78, 5) is 14.6. The third-order valence-corrected chi connectivity index (χ3v) is 4.62. The fourth-order valence-electron chi connectivity index (χ4n) is 2.94. The van der Waals surface area contributed by atoms with Gasteiger partial charge < -0.3 is 10.1 Å². The number of nitrogens with one attached hydrogen (secondary N) is 1. The van der Waals surface area contributed by atoms with E-state index in [0.717, 1.165) is 23.4 Å². The Morgan fingerprint density at radius 2 is 1.85 bits per heavy atom. The summed E-state index contributed by atoms with van der Waals surface area (Å²) in [6, 6.07) is 14.0. The van der Waals surface area contributed by atoms with Gasteiger partial charge in [0.25, 0.3) is 0 Å². The minimum absolute atomic E-state index is 0.0570. The summed E-state index contributed by atoms with van der Waals surface area (Å²) in [6.07, 6.45) is 0. The van der Waals surface area contributed by atoms with Crippen molar-refractivity contribution in [3.05, 3.63) is 65.5 Å². The molecule has 4 nitrogen and oxygen atoms in total. The SMILES string of the molecule is CCN(CC(=O)NC(C)c1ccc(F)cc1)C(C)c1cccc(OC)c1. The zero-order valence-electron chi connectivity index (χ0n) is 15.8. The van der Waals surface area contributed by atoms with Crippen LogP contribution in [0, 0.1) is 5.82 Å². The molecule has 0 spiro atoms. The molecule has 2 aromatic rings. The maximum absolute atomic E-state index is 13.0. The van der Waals surface area contributed by atoms with Crippen molar-refractivity contribution in [1.29, 1.82) is 0 Å². The van der Waals surface area contributed by atoms with Gasteiger partial charge in [-0.25, -0.2) is 4.39 Å². The van der Waals surface area contributed by atoms with Crippen LogP contribution < -0.4 is 10.1 Å². The van der Waals surface area contributed by atoms with E-state index in [1.54, 1.807) is 19.2 Å². The molecule has 0 aliphatic carbocycles. The first kappa shape index (κ1) is 19.9. The van der Waals surface area contributed by atoms with Crippen LogP contribution in [0.15, 0.2) is 48.5 Å². The van der Waals surface area contributed by atoms with Gasteiger partial charge in [0, 0.05) is 6.04 Å². The van der Waals surface area contributed by atoms with Gasteiger partial charge in [-0.3, -0.25) is 9.69 Å². The highest BCUT2D eigenvalue weighted by Crippen LogP contribution is 2.23. The summed E-state index contributed by atoms with van der Waals surface area (Å²) < 4.78 is 18.3. The Morgan fingerprint density at radius 3 is 2.46 bits per heavy atom. The summed E-state index contributed by atoms with van der Waals surface area (Å²) in [5.41, 5.74) is 1.98. The van der Waals surface area contributed by atoms with Crippen LogP contribution in [0.2, 0.25) is 0 Å². The van der Waals surface area contributed by atoms with E-state index in [0.29, 0.717) is 6.54 Å². The lowest BCUT2D eigenvalue weighted by molar-refractivity contribution is -0.123. The molecule has 0 aliphatic heterocycles. The van der Waals surface area contributed by atoms with Gasteiger partial charge in [0.05, 0.1) is 19.7 Å². The van der Waals surface area contributed by atoms with Crippen LogP contribution in [0.3, 0.4) is 0 Å². The summed E-state index contributed by atoms with van der Waals surface area (Å²) >= 11 is 0. The van der Waals surface area contributed by atoms with E-state index in [1.165, 1.54) is 12.1 Å². The maximum Gasteiger partial charge on any atom is 0.234 e. The molecule has 1 N–H and O–H groups in total. The van der Waals surface area contributed by atoms with Crippen LogP contribution in [0.25, 0.3) is 0 Å². The molecule has 0 bridgehead atoms. The van der Waals surface area contributed by atoms with Gasteiger partial charge in [-0.1, -0.05) is 31.2 Å². The van der Waals surface area contributed by atoms with Gasteiger partial charge in [0.1, 0.15) is 11.6 Å². The van der Waals surface area contributed by atoms with E-state index in [2.05, 4.69) is 17.1 Å². The Morgan fingerprint density at radius 1 is 1.15 bits per heavy atom. The first-order valence-electron chi connectivity index (χ1n) is 8.87. The molecule has 2 aromatic carbocycles. The lowest BCUT2D eigenvalue weighted by atomic mass is 10.1. The molecule has 26 heavy (non-hydrogen) atoms. The molecular weight excluding hydrogens is 331 g/mol. The van der Waals surface area contributed by atoms with Gasteiger partial charge in [-0.2, -0.15) is 0 Å². The number of nitrogens with zero attached hydrogens (tertiary/aromatic N) is 1. The van der Waals surface area contributed by atoms with Gasteiger partial charge >= 0.3 is 0 Å². The zero-order chi connectivity index (χ0) is 19.1. The van der Waals surface area contributed by atoms with Crippen molar-refractivity contribution in [2.75, 3.05) is 20.2 Å². The maximum atomic E-state index is 13.0. The largest absolute Gasteiger partial charge is 0.497 e. The Hall–Kier alpha value is -2.40. The summed E-state index contributed by atoms with van der Waals surface area (Å²) in [7, 11) is 1.64. The van der Waals surface area contributed by atoms with Crippen molar-refractivity contribution >= 4 is 5.91 Å². The highest BCUT2D eigenvalue weighted by molar-refractivity contribution is 5.78. The standard InChI is InChI=1S/C21H27FN2O2/c1-5-24(16(3)18-7-6-8-20(13-18)26-4)14-21(25)23-15(2)17-9-11-19(22)12-10-17/h6-13,15-16H,5,14H2,1-4H3,(H,23,25). The number of benzene rings is 2. The molecule has 2 atom stereocenters. The monoisotopic (exact) mass is 358 g/mol. The average molecular weight is 358 g/mol. The fraction of sp³-hybridized carbons (Fsp3) is 0.381. The number of halogens is 1. The lowest BCUT2D eigenvalue weighted by Gasteiger charge is -2.28. The molecule has 140 valence electrons. The van der Waals surface area contributed by atoms with E-state index < -0.39 is 0 Å². The summed E-state index contributed by atoms with van der Waals surface area (Å²) in [5.74, 6) is 0.467. The average Bonchev–Trinajstić information content (AvgIpc) is 2.66. The summed E-state index contributed by atoms with van der Waals surface area (Å²) in [6.45, 7) is 7.05. The molecule has 0 aliphatic rings. The van der Waals surface area contributed by atoms with Crippen LogP contribution in [-0.4, -0.2) is 31.0 Å².